The summed E-state index contributed by atoms with van der Waals surface area (Å²) in [7, 11) is 0. The van der Waals surface area contributed by atoms with Gasteiger partial charge in [-0.1, -0.05) is 29.9 Å². The van der Waals surface area contributed by atoms with Gasteiger partial charge >= 0.3 is 0 Å². The van der Waals surface area contributed by atoms with Gasteiger partial charge < -0.3 is 11.1 Å². The number of amides is 1. The van der Waals surface area contributed by atoms with Crippen molar-refractivity contribution in [3.63, 3.8) is 0 Å². The zero-order valence-corrected chi connectivity index (χ0v) is 13.3. The van der Waals surface area contributed by atoms with Gasteiger partial charge in [0.2, 0.25) is 5.91 Å². The second kappa shape index (κ2) is 7.70. The highest BCUT2D eigenvalue weighted by Gasteiger charge is 2.19. The van der Waals surface area contributed by atoms with E-state index < -0.39 is 0 Å². The lowest BCUT2D eigenvalue weighted by atomic mass is 10.3. The molecule has 5 nitrogen and oxygen atoms in total. The quantitative estimate of drug-likeness (QED) is 0.796. The topological polar surface area (TPSA) is 61.6 Å². The van der Waals surface area contributed by atoms with Crippen molar-refractivity contribution in [3.05, 3.63) is 29.3 Å². The molecule has 1 fully saturated rings. The van der Waals surface area contributed by atoms with E-state index in [9.17, 15) is 4.79 Å². The van der Waals surface area contributed by atoms with Gasteiger partial charge in [0.15, 0.2) is 0 Å². The molecule has 1 aromatic rings. The van der Waals surface area contributed by atoms with Crippen molar-refractivity contribution >= 4 is 40.4 Å². The second-order valence-electron chi connectivity index (χ2n) is 5.08. The van der Waals surface area contributed by atoms with Gasteiger partial charge in [-0.25, -0.2) is 0 Å². The van der Waals surface area contributed by atoms with Crippen LogP contribution in [0.2, 0.25) is 5.02 Å². The fourth-order valence-corrected chi connectivity index (χ4v) is 2.67. The molecule has 114 valence electrons. The molecule has 1 aliphatic rings. The largest absolute Gasteiger partial charge is 0.392 e. The summed E-state index contributed by atoms with van der Waals surface area (Å²) < 4.78 is 0. The molecule has 3 N–H and O–H groups in total. The van der Waals surface area contributed by atoms with Gasteiger partial charge in [-0.3, -0.25) is 14.6 Å². The SMILES string of the molecule is NC(=S)CN1CCN(CC(=O)Nc2cccc(Cl)c2)CC1. The van der Waals surface area contributed by atoms with Crippen LogP contribution in [0.1, 0.15) is 0 Å². The first-order valence-corrected chi connectivity index (χ1v) is 7.60. The number of nitrogens with two attached hydrogens (primary N) is 1. The number of carbonyl (C=O) groups excluding carboxylic acids is 1. The lowest BCUT2D eigenvalue weighted by molar-refractivity contribution is -0.117. The highest BCUT2D eigenvalue weighted by atomic mass is 35.5. The van der Waals surface area contributed by atoms with Crippen LogP contribution >= 0.6 is 23.8 Å². The van der Waals surface area contributed by atoms with Crippen molar-refractivity contribution in [3.8, 4) is 0 Å². The maximum atomic E-state index is 12.0. The fraction of sp³-hybridized carbons (Fsp3) is 0.429. The van der Waals surface area contributed by atoms with Crippen molar-refractivity contribution in [1.82, 2.24) is 9.80 Å². The predicted octanol–water partition coefficient (Wildman–Crippen LogP) is 1.18. The summed E-state index contributed by atoms with van der Waals surface area (Å²) in [4.78, 5) is 16.8. The molecule has 21 heavy (non-hydrogen) atoms. The van der Waals surface area contributed by atoms with E-state index in [0.29, 0.717) is 23.1 Å². The average molecular weight is 327 g/mol. The van der Waals surface area contributed by atoms with Crippen LogP contribution in [0.5, 0.6) is 0 Å². The van der Waals surface area contributed by atoms with E-state index in [1.165, 1.54) is 0 Å². The molecule has 0 atom stereocenters. The molecule has 1 aliphatic heterocycles. The van der Waals surface area contributed by atoms with Gasteiger partial charge in [-0.2, -0.15) is 0 Å². The van der Waals surface area contributed by atoms with Gasteiger partial charge in [0, 0.05) is 43.4 Å². The molecule has 2 rings (SSSR count). The first kappa shape index (κ1) is 16.2. The monoisotopic (exact) mass is 326 g/mol. The third-order valence-electron chi connectivity index (χ3n) is 3.32. The molecule has 0 aliphatic carbocycles. The summed E-state index contributed by atoms with van der Waals surface area (Å²) in [5, 5.41) is 3.46. The first-order valence-electron chi connectivity index (χ1n) is 6.81. The van der Waals surface area contributed by atoms with Crippen molar-refractivity contribution in [2.45, 2.75) is 0 Å². The Bertz CT molecular complexity index is 517. The number of carbonyl (C=O) groups is 1. The molecule has 1 aromatic carbocycles. The van der Waals surface area contributed by atoms with Gasteiger partial charge in [0.1, 0.15) is 0 Å². The summed E-state index contributed by atoms with van der Waals surface area (Å²) >= 11 is 10.8. The predicted molar refractivity (Wildman–Crippen MR) is 89.7 cm³/mol. The lowest BCUT2D eigenvalue weighted by Crippen LogP contribution is -2.50. The summed E-state index contributed by atoms with van der Waals surface area (Å²) in [5.74, 6) is -0.0277. The van der Waals surface area contributed by atoms with Crippen LogP contribution in [-0.4, -0.2) is 60.0 Å². The van der Waals surface area contributed by atoms with Gasteiger partial charge in [0.05, 0.1) is 11.5 Å². The average Bonchev–Trinajstić information content (AvgIpc) is 2.40. The smallest absolute Gasteiger partial charge is 0.238 e. The highest BCUT2D eigenvalue weighted by molar-refractivity contribution is 7.80. The molecule has 1 saturated heterocycles. The number of halogens is 1. The number of thiocarbonyl (C=S) groups is 1. The zero-order valence-electron chi connectivity index (χ0n) is 11.7. The normalized spacial score (nSPS) is 16.6. The summed E-state index contributed by atoms with van der Waals surface area (Å²) in [5.41, 5.74) is 6.26. The first-order chi connectivity index (χ1) is 10.0. The molecule has 0 aromatic heterocycles. The summed E-state index contributed by atoms with van der Waals surface area (Å²) in [6, 6.07) is 7.15. The number of nitrogens with zero attached hydrogens (tertiary/aromatic N) is 2. The molecule has 1 heterocycles. The van der Waals surface area contributed by atoms with Crippen molar-refractivity contribution in [2.75, 3.05) is 44.6 Å². The van der Waals surface area contributed by atoms with Gasteiger partial charge in [-0.15, -0.1) is 0 Å². The van der Waals surface area contributed by atoms with Crippen LogP contribution in [0.25, 0.3) is 0 Å². The van der Waals surface area contributed by atoms with Crippen LogP contribution in [0.4, 0.5) is 5.69 Å². The molecule has 0 bridgehead atoms. The highest BCUT2D eigenvalue weighted by Crippen LogP contribution is 2.14. The van der Waals surface area contributed by atoms with Crippen LogP contribution in [0.15, 0.2) is 24.3 Å². The van der Waals surface area contributed by atoms with Crippen LogP contribution < -0.4 is 11.1 Å². The molecule has 7 heteroatoms. The minimum absolute atomic E-state index is 0.0277. The van der Waals surface area contributed by atoms with Crippen molar-refractivity contribution < 1.29 is 4.79 Å². The fourth-order valence-electron chi connectivity index (χ4n) is 2.30. The van der Waals surface area contributed by atoms with E-state index in [0.717, 1.165) is 31.9 Å². The van der Waals surface area contributed by atoms with E-state index in [2.05, 4.69) is 15.1 Å². The van der Waals surface area contributed by atoms with Crippen molar-refractivity contribution in [1.29, 1.82) is 0 Å². The Kier molecular flexibility index (Phi) is 5.93. The van der Waals surface area contributed by atoms with Gasteiger partial charge in [-0.05, 0) is 18.2 Å². The molecule has 1 amide bonds. The standard InChI is InChI=1S/C14H19ClN4OS/c15-11-2-1-3-12(8-11)17-14(20)10-19-6-4-18(5-7-19)9-13(16)21/h1-3,8H,4-7,9-10H2,(H2,16,21)(H,17,20). The van der Waals surface area contributed by atoms with Crippen LogP contribution in [0, 0.1) is 0 Å². The minimum Gasteiger partial charge on any atom is -0.392 e. The number of piperazine rings is 1. The second-order valence-corrected chi connectivity index (χ2v) is 6.04. The molecule has 0 radical (unpaired) electrons. The number of anilines is 1. The molecular formula is C14H19ClN4OS. The minimum atomic E-state index is -0.0277. The van der Waals surface area contributed by atoms with E-state index in [-0.39, 0.29) is 5.91 Å². The van der Waals surface area contributed by atoms with Crippen LogP contribution in [0.3, 0.4) is 0 Å². The van der Waals surface area contributed by atoms with Crippen molar-refractivity contribution in [2.24, 2.45) is 5.73 Å². The maximum Gasteiger partial charge on any atom is 0.238 e. The number of hydrogen-bond acceptors (Lipinski definition) is 4. The van der Waals surface area contributed by atoms with Crippen LogP contribution in [-0.2, 0) is 4.79 Å². The summed E-state index contributed by atoms with van der Waals surface area (Å²) in [6.07, 6.45) is 0. The maximum absolute atomic E-state index is 12.0. The Hall–Kier alpha value is -1.21. The van der Waals surface area contributed by atoms with Gasteiger partial charge in [0.25, 0.3) is 0 Å². The Morgan fingerprint density at radius 1 is 1.24 bits per heavy atom. The van der Waals surface area contributed by atoms with E-state index >= 15 is 0 Å². The number of hydrogen-bond donors (Lipinski definition) is 2. The molecule has 0 saturated carbocycles. The number of benzene rings is 1. The number of nitrogens with one attached hydrogen (secondary N) is 1. The van der Waals surface area contributed by atoms with E-state index in [4.69, 9.17) is 29.6 Å². The Balaban J connectivity index is 1.75. The Morgan fingerprint density at radius 3 is 2.43 bits per heavy atom. The molecule has 0 unspecified atom stereocenters. The summed E-state index contributed by atoms with van der Waals surface area (Å²) in [6.45, 7) is 4.46. The third kappa shape index (κ3) is 5.59. The third-order valence-corrected chi connectivity index (χ3v) is 3.68. The Morgan fingerprint density at radius 2 is 1.86 bits per heavy atom. The Labute approximate surface area is 135 Å². The van der Waals surface area contributed by atoms with E-state index in [1.807, 2.05) is 12.1 Å². The molecular weight excluding hydrogens is 308 g/mol. The lowest BCUT2D eigenvalue weighted by Gasteiger charge is -2.33. The zero-order chi connectivity index (χ0) is 15.2. The van der Waals surface area contributed by atoms with E-state index in [1.54, 1.807) is 12.1 Å². The molecule has 0 spiro atoms. The number of rotatable bonds is 5.